The van der Waals surface area contributed by atoms with Crippen LogP contribution < -0.4 is 5.32 Å². The van der Waals surface area contributed by atoms with Crippen LogP contribution in [0.2, 0.25) is 0 Å². The minimum Gasteiger partial charge on any atom is -0.317 e. The number of unbranched alkanes of at least 4 members (excludes halogenated alkanes) is 4. The molecule has 1 rings (SSSR count). The van der Waals surface area contributed by atoms with Gasteiger partial charge in [0.2, 0.25) is 0 Å². The lowest BCUT2D eigenvalue weighted by Gasteiger charge is -1.95. The van der Waals surface area contributed by atoms with E-state index < -0.39 is 0 Å². The molecule has 1 nitrogen and oxygen atoms in total. The van der Waals surface area contributed by atoms with Gasteiger partial charge in [0, 0.05) is 0 Å². The van der Waals surface area contributed by atoms with Gasteiger partial charge in [0.25, 0.3) is 0 Å². The molecular formula is C14H29N. The lowest BCUT2D eigenvalue weighted by Crippen LogP contribution is -2.09. The first kappa shape index (κ1) is 14.7. The van der Waals surface area contributed by atoms with E-state index in [2.05, 4.69) is 32.2 Å². The Balaban J connectivity index is 0.000000336. The third-order valence-electron chi connectivity index (χ3n) is 2.59. The molecule has 0 aromatic rings. The van der Waals surface area contributed by atoms with Crippen LogP contribution >= 0.6 is 0 Å². The van der Waals surface area contributed by atoms with E-state index in [1.165, 1.54) is 44.9 Å². The van der Waals surface area contributed by atoms with Gasteiger partial charge in [0.1, 0.15) is 0 Å². The summed E-state index contributed by atoms with van der Waals surface area (Å²) in [5.41, 5.74) is 1.71. The highest BCUT2D eigenvalue weighted by atomic mass is 14.8. The van der Waals surface area contributed by atoms with Crippen LogP contribution in [0.15, 0.2) is 11.6 Å². The zero-order valence-corrected chi connectivity index (χ0v) is 10.9. The fraction of sp³-hybridized carbons (Fsp3) is 0.857. The maximum atomic E-state index is 3.11. The van der Waals surface area contributed by atoms with E-state index in [4.69, 9.17) is 0 Å². The molecule has 0 radical (unpaired) electrons. The average molecular weight is 211 g/mol. The molecule has 0 aromatic carbocycles. The Morgan fingerprint density at radius 1 is 1.00 bits per heavy atom. The number of allylic oxidation sites excluding steroid dienone is 2. The first-order valence-electron chi connectivity index (χ1n) is 6.73. The first-order chi connectivity index (χ1) is 7.35. The molecule has 0 bridgehead atoms. The summed E-state index contributed by atoms with van der Waals surface area (Å²) in [7, 11) is 0. The van der Waals surface area contributed by atoms with Crippen molar-refractivity contribution in [1.82, 2.24) is 5.32 Å². The monoisotopic (exact) mass is 211 g/mol. The van der Waals surface area contributed by atoms with Crippen LogP contribution in [-0.4, -0.2) is 13.1 Å². The number of nitrogens with one attached hydrogen (secondary N) is 1. The molecule has 0 saturated heterocycles. The van der Waals surface area contributed by atoms with Gasteiger partial charge in [-0.1, -0.05) is 58.1 Å². The predicted octanol–water partition coefficient (Wildman–Crippen LogP) is 4.29. The Bertz CT molecular complexity index is 147. The highest BCUT2D eigenvalue weighted by Gasteiger charge is 2.04. The molecule has 0 saturated carbocycles. The van der Waals surface area contributed by atoms with E-state index in [0.29, 0.717) is 0 Å². The van der Waals surface area contributed by atoms with E-state index in [9.17, 15) is 0 Å². The van der Waals surface area contributed by atoms with Crippen molar-refractivity contribution in [3.63, 3.8) is 0 Å². The van der Waals surface area contributed by atoms with Crippen LogP contribution in [0.25, 0.3) is 0 Å². The molecule has 0 fully saturated rings. The summed E-state index contributed by atoms with van der Waals surface area (Å²) >= 11 is 0. The van der Waals surface area contributed by atoms with Crippen molar-refractivity contribution >= 4 is 0 Å². The molecule has 1 heteroatoms. The minimum atomic E-state index is 1.09. The summed E-state index contributed by atoms with van der Waals surface area (Å²) in [6.45, 7) is 8.66. The molecule has 0 aromatic heterocycles. The summed E-state index contributed by atoms with van der Waals surface area (Å²) in [5.74, 6) is 0. The molecule has 1 aliphatic carbocycles. The number of hydrogen-bond donors (Lipinski definition) is 1. The summed E-state index contributed by atoms with van der Waals surface area (Å²) < 4.78 is 0. The average Bonchev–Trinajstić information content (AvgIpc) is 3.04. The second-order valence-corrected chi connectivity index (χ2v) is 4.19. The molecule has 1 N–H and O–H groups in total. The summed E-state index contributed by atoms with van der Waals surface area (Å²) in [6, 6.07) is 0. The standard InChI is InChI=1S/C10H18.C4H11N/c1-2-3-4-5-6-7-10-8-9-10;1-3-5-4-2/h8H,2-7,9H2,1H3;5H,3-4H2,1-2H3. The third kappa shape index (κ3) is 13.7. The van der Waals surface area contributed by atoms with Crippen molar-refractivity contribution in [3.8, 4) is 0 Å². The highest BCUT2D eigenvalue weighted by molar-refractivity contribution is 5.21. The topological polar surface area (TPSA) is 12.0 Å². The Morgan fingerprint density at radius 2 is 1.60 bits per heavy atom. The minimum absolute atomic E-state index is 1.09. The Morgan fingerprint density at radius 3 is 2.00 bits per heavy atom. The van der Waals surface area contributed by atoms with Crippen LogP contribution in [0.1, 0.15) is 65.7 Å². The van der Waals surface area contributed by atoms with E-state index in [0.717, 1.165) is 13.1 Å². The molecule has 90 valence electrons. The van der Waals surface area contributed by atoms with E-state index >= 15 is 0 Å². The van der Waals surface area contributed by atoms with Crippen molar-refractivity contribution in [3.05, 3.63) is 11.6 Å². The fourth-order valence-electron chi connectivity index (χ4n) is 1.48. The maximum Gasteiger partial charge on any atom is -0.00775 e. The first-order valence-corrected chi connectivity index (χ1v) is 6.73. The molecule has 0 amide bonds. The predicted molar refractivity (Wildman–Crippen MR) is 70.3 cm³/mol. The molecule has 1 aliphatic rings. The summed E-state index contributed by atoms with van der Waals surface area (Å²) in [4.78, 5) is 0. The third-order valence-corrected chi connectivity index (χ3v) is 2.59. The smallest absolute Gasteiger partial charge is 0.00775 e. The second kappa shape index (κ2) is 11.8. The van der Waals surface area contributed by atoms with Gasteiger partial charge in [-0.3, -0.25) is 0 Å². The Kier molecular flexibility index (Phi) is 11.5. The van der Waals surface area contributed by atoms with Crippen LogP contribution in [-0.2, 0) is 0 Å². The van der Waals surface area contributed by atoms with Crippen LogP contribution in [0.4, 0.5) is 0 Å². The normalized spacial score (nSPS) is 12.9. The van der Waals surface area contributed by atoms with Gasteiger partial charge in [0.15, 0.2) is 0 Å². The van der Waals surface area contributed by atoms with Crippen molar-refractivity contribution in [1.29, 1.82) is 0 Å². The molecular weight excluding hydrogens is 182 g/mol. The zero-order chi connectivity index (χ0) is 11.4. The van der Waals surface area contributed by atoms with Crippen molar-refractivity contribution in [2.24, 2.45) is 0 Å². The zero-order valence-electron chi connectivity index (χ0n) is 10.9. The van der Waals surface area contributed by atoms with Crippen LogP contribution in [0.3, 0.4) is 0 Å². The summed E-state index contributed by atoms with van der Waals surface area (Å²) in [6.07, 6.45) is 12.2. The lowest BCUT2D eigenvalue weighted by atomic mass is 10.1. The second-order valence-electron chi connectivity index (χ2n) is 4.19. The SMILES string of the molecule is CCCCCCCC1=CC1.CCNCC. The van der Waals surface area contributed by atoms with Gasteiger partial charge in [-0.05, 0) is 32.4 Å². The van der Waals surface area contributed by atoms with E-state index in [-0.39, 0.29) is 0 Å². The van der Waals surface area contributed by atoms with Crippen LogP contribution in [0.5, 0.6) is 0 Å². The number of hydrogen-bond acceptors (Lipinski definition) is 1. The lowest BCUT2D eigenvalue weighted by molar-refractivity contribution is 0.633. The molecule has 0 aliphatic heterocycles. The molecule has 0 spiro atoms. The Hall–Kier alpha value is -0.300. The summed E-state index contributed by atoms with van der Waals surface area (Å²) in [5, 5.41) is 3.11. The van der Waals surface area contributed by atoms with Crippen molar-refractivity contribution in [2.45, 2.75) is 65.7 Å². The molecule has 0 atom stereocenters. The Labute approximate surface area is 96.3 Å². The number of rotatable bonds is 8. The van der Waals surface area contributed by atoms with Gasteiger partial charge in [-0.25, -0.2) is 0 Å². The molecule has 0 heterocycles. The van der Waals surface area contributed by atoms with E-state index in [1.54, 1.807) is 5.57 Å². The van der Waals surface area contributed by atoms with Gasteiger partial charge in [-0.15, -0.1) is 0 Å². The fourth-order valence-corrected chi connectivity index (χ4v) is 1.48. The maximum absolute atomic E-state index is 3.11. The van der Waals surface area contributed by atoms with Gasteiger partial charge >= 0.3 is 0 Å². The van der Waals surface area contributed by atoms with Crippen molar-refractivity contribution in [2.75, 3.05) is 13.1 Å². The highest BCUT2D eigenvalue weighted by Crippen LogP contribution is 2.24. The van der Waals surface area contributed by atoms with Crippen molar-refractivity contribution < 1.29 is 0 Å². The largest absolute Gasteiger partial charge is 0.317 e. The molecule has 15 heavy (non-hydrogen) atoms. The van der Waals surface area contributed by atoms with Gasteiger partial charge in [0.05, 0.1) is 0 Å². The molecule has 0 unspecified atom stereocenters. The van der Waals surface area contributed by atoms with Gasteiger partial charge < -0.3 is 5.32 Å². The quantitative estimate of drug-likeness (QED) is 0.466. The van der Waals surface area contributed by atoms with Crippen LogP contribution in [0, 0.1) is 0 Å². The van der Waals surface area contributed by atoms with E-state index in [1.807, 2.05) is 0 Å². The van der Waals surface area contributed by atoms with Gasteiger partial charge in [-0.2, -0.15) is 0 Å².